The molecule has 0 bridgehead atoms. The van der Waals surface area contributed by atoms with Gasteiger partial charge in [-0.3, -0.25) is 14.9 Å². The largest absolute Gasteiger partial charge is 0.368 e. The zero-order valence-electron chi connectivity index (χ0n) is 7.44. The number of aromatic nitrogens is 2. The molecule has 0 fully saturated rings. The second-order valence-corrected chi connectivity index (χ2v) is 2.65. The lowest BCUT2D eigenvalue weighted by Gasteiger charge is -1.96. The predicted octanol–water partition coefficient (Wildman–Crippen LogP) is -0.744. The molecule has 0 amide bonds. The molecule has 6 nitrogen and oxygen atoms in total. The summed E-state index contributed by atoms with van der Waals surface area (Å²) in [5, 5.41) is 12.3. The first-order chi connectivity index (χ1) is 6.22. The van der Waals surface area contributed by atoms with Gasteiger partial charge in [-0.2, -0.15) is 5.10 Å². The fourth-order valence-electron chi connectivity index (χ4n) is 0.942. The van der Waals surface area contributed by atoms with Crippen molar-refractivity contribution >= 4 is 5.96 Å². The summed E-state index contributed by atoms with van der Waals surface area (Å²) in [4.78, 5) is 3.84. The van der Waals surface area contributed by atoms with E-state index in [1.807, 2.05) is 13.2 Å². The van der Waals surface area contributed by atoms with Crippen molar-refractivity contribution in [3.8, 4) is 0 Å². The predicted molar refractivity (Wildman–Crippen MR) is 48.3 cm³/mol. The summed E-state index contributed by atoms with van der Waals surface area (Å²) in [6.07, 6.45) is 4.45. The highest BCUT2D eigenvalue weighted by molar-refractivity contribution is 5.76. The molecule has 1 heterocycles. The first kappa shape index (κ1) is 9.53. The number of guanidine groups is 1. The van der Waals surface area contributed by atoms with Crippen LogP contribution >= 0.6 is 0 Å². The molecule has 0 saturated heterocycles. The topological polar surface area (TPSA) is 88.5 Å². The maximum absolute atomic E-state index is 8.31. The average molecular weight is 183 g/mol. The van der Waals surface area contributed by atoms with E-state index in [4.69, 9.17) is 10.9 Å². The summed E-state index contributed by atoms with van der Waals surface area (Å²) in [5.41, 5.74) is 8.07. The van der Waals surface area contributed by atoms with Gasteiger partial charge in [-0.1, -0.05) is 0 Å². The molecule has 72 valence electrons. The van der Waals surface area contributed by atoms with Crippen LogP contribution in [0.5, 0.6) is 0 Å². The molecule has 0 aromatic carbocycles. The van der Waals surface area contributed by atoms with Crippen molar-refractivity contribution in [3.63, 3.8) is 0 Å². The maximum atomic E-state index is 8.31. The smallest absolute Gasteiger partial charge is 0.212 e. The molecular formula is C7H13N5O. The Labute approximate surface area is 76.0 Å². The third-order valence-corrected chi connectivity index (χ3v) is 1.56. The highest BCUT2D eigenvalue weighted by atomic mass is 16.5. The summed E-state index contributed by atoms with van der Waals surface area (Å²) < 4.78 is 1.73. The van der Waals surface area contributed by atoms with E-state index < -0.39 is 0 Å². The zero-order chi connectivity index (χ0) is 9.68. The van der Waals surface area contributed by atoms with E-state index in [-0.39, 0.29) is 5.96 Å². The van der Waals surface area contributed by atoms with Crippen LogP contribution in [-0.2, 0) is 13.5 Å². The number of nitrogens with one attached hydrogen (secondary N) is 1. The van der Waals surface area contributed by atoms with Crippen LogP contribution in [0.25, 0.3) is 0 Å². The minimum Gasteiger partial charge on any atom is -0.368 e. The number of hydrogen-bond donors (Lipinski definition) is 3. The molecule has 0 saturated carbocycles. The van der Waals surface area contributed by atoms with Crippen LogP contribution in [0.15, 0.2) is 17.4 Å². The van der Waals surface area contributed by atoms with Crippen LogP contribution in [0.2, 0.25) is 0 Å². The van der Waals surface area contributed by atoms with Gasteiger partial charge in [-0.15, -0.1) is 0 Å². The summed E-state index contributed by atoms with van der Waals surface area (Å²) in [5.74, 6) is 0.0314. The third-order valence-electron chi connectivity index (χ3n) is 1.56. The summed E-state index contributed by atoms with van der Waals surface area (Å²) in [7, 11) is 1.86. The molecule has 13 heavy (non-hydrogen) atoms. The Morgan fingerprint density at radius 1 is 1.85 bits per heavy atom. The van der Waals surface area contributed by atoms with Crippen LogP contribution in [0.4, 0.5) is 0 Å². The van der Waals surface area contributed by atoms with E-state index in [1.54, 1.807) is 16.4 Å². The van der Waals surface area contributed by atoms with Crippen molar-refractivity contribution in [2.45, 2.75) is 6.42 Å². The Kier molecular flexibility index (Phi) is 3.27. The Hall–Kier alpha value is -1.56. The number of nitrogens with two attached hydrogens (primary N) is 1. The van der Waals surface area contributed by atoms with Gasteiger partial charge in [0.25, 0.3) is 0 Å². The molecule has 6 heteroatoms. The number of aliphatic imine (C=N–C) groups is 1. The number of hydrogen-bond acceptors (Lipinski definition) is 3. The van der Waals surface area contributed by atoms with Gasteiger partial charge in [0.05, 0.1) is 6.20 Å². The lowest BCUT2D eigenvalue weighted by molar-refractivity contribution is 0.232. The minimum atomic E-state index is 0.0314. The molecule has 0 unspecified atom stereocenters. The number of hydroxylamine groups is 1. The lowest BCUT2D eigenvalue weighted by atomic mass is 10.3. The van der Waals surface area contributed by atoms with Crippen molar-refractivity contribution < 1.29 is 5.21 Å². The van der Waals surface area contributed by atoms with Crippen LogP contribution in [0.1, 0.15) is 5.56 Å². The Morgan fingerprint density at radius 3 is 3.15 bits per heavy atom. The standard InChI is InChI=1S/C7H13N5O/c1-12-5-6(4-10-12)2-3-9-7(8)11-13/h4-5,13H,2-3H2,1H3,(H3,8,9,11). The van der Waals surface area contributed by atoms with Gasteiger partial charge >= 0.3 is 0 Å². The quantitative estimate of drug-likeness (QED) is 0.327. The van der Waals surface area contributed by atoms with Gasteiger partial charge < -0.3 is 5.73 Å². The van der Waals surface area contributed by atoms with Gasteiger partial charge in [-0.05, 0) is 12.0 Å². The van der Waals surface area contributed by atoms with Crippen LogP contribution in [0, 0.1) is 0 Å². The lowest BCUT2D eigenvalue weighted by Crippen LogP contribution is -2.28. The first-order valence-corrected chi connectivity index (χ1v) is 3.90. The molecule has 0 atom stereocenters. The van der Waals surface area contributed by atoms with E-state index in [2.05, 4.69) is 10.1 Å². The Morgan fingerprint density at radius 2 is 2.62 bits per heavy atom. The van der Waals surface area contributed by atoms with Crippen LogP contribution in [-0.4, -0.2) is 27.5 Å². The number of aryl methyl sites for hydroxylation is 1. The highest BCUT2D eigenvalue weighted by Gasteiger charge is 1.94. The molecule has 0 spiro atoms. The van der Waals surface area contributed by atoms with Crippen molar-refractivity contribution in [1.82, 2.24) is 15.3 Å². The molecule has 0 aliphatic rings. The number of rotatable bonds is 3. The summed E-state index contributed by atoms with van der Waals surface area (Å²) >= 11 is 0. The zero-order valence-corrected chi connectivity index (χ0v) is 7.44. The van der Waals surface area contributed by atoms with E-state index in [9.17, 15) is 0 Å². The van der Waals surface area contributed by atoms with Crippen molar-refractivity contribution in [2.24, 2.45) is 17.8 Å². The van der Waals surface area contributed by atoms with Gasteiger partial charge in [-0.25, -0.2) is 5.48 Å². The maximum Gasteiger partial charge on any atom is 0.212 e. The van der Waals surface area contributed by atoms with Gasteiger partial charge in [0, 0.05) is 19.8 Å². The fourth-order valence-corrected chi connectivity index (χ4v) is 0.942. The van der Waals surface area contributed by atoms with Gasteiger partial charge in [0.1, 0.15) is 0 Å². The van der Waals surface area contributed by atoms with E-state index in [0.717, 1.165) is 12.0 Å². The van der Waals surface area contributed by atoms with Crippen molar-refractivity contribution in [2.75, 3.05) is 6.54 Å². The van der Waals surface area contributed by atoms with Gasteiger partial charge in [0.15, 0.2) is 0 Å². The van der Waals surface area contributed by atoms with Crippen molar-refractivity contribution in [1.29, 1.82) is 0 Å². The summed E-state index contributed by atoms with van der Waals surface area (Å²) in [6, 6.07) is 0. The molecule has 0 aliphatic heterocycles. The number of nitrogens with zero attached hydrogens (tertiary/aromatic N) is 3. The third kappa shape index (κ3) is 3.12. The molecule has 1 aromatic rings. The Balaban J connectivity index is 2.35. The molecule has 1 aromatic heterocycles. The molecular weight excluding hydrogens is 170 g/mol. The van der Waals surface area contributed by atoms with Crippen LogP contribution in [0.3, 0.4) is 0 Å². The molecule has 1 rings (SSSR count). The van der Waals surface area contributed by atoms with Gasteiger partial charge in [0.2, 0.25) is 5.96 Å². The molecule has 4 N–H and O–H groups in total. The van der Waals surface area contributed by atoms with Crippen LogP contribution < -0.4 is 11.2 Å². The molecule has 0 aliphatic carbocycles. The van der Waals surface area contributed by atoms with Crippen molar-refractivity contribution in [3.05, 3.63) is 18.0 Å². The minimum absolute atomic E-state index is 0.0314. The molecule has 0 radical (unpaired) electrons. The highest BCUT2D eigenvalue weighted by Crippen LogP contribution is 1.96. The normalized spacial score (nSPS) is 11.7. The van der Waals surface area contributed by atoms with E-state index >= 15 is 0 Å². The second kappa shape index (κ2) is 4.46. The SMILES string of the molecule is Cn1cc(CCN=C(N)NO)cn1. The summed E-state index contributed by atoms with van der Waals surface area (Å²) in [6.45, 7) is 0.533. The van der Waals surface area contributed by atoms with E-state index in [0.29, 0.717) is 6.54 Å². The monoisotopic (exact) mass is 183 g/mol. The average Bonchev–Trinajstić information content (AvgIpc) is 2.51. The first-order valence-electron chi connectivity index (χ1n) is 3.90. The van der Waals surface area contributed by atoms with E-state index in [1.165, 1.54) is 0 Å². The Bertz CT molecular complexity index is 293. The fraction of sp³-hybridized carbons (Fsp3) is 0.429. The second-order valence-electron chi connectivity index (χ2n) is 2.65.